The summed E-state index contributed by atoms with van der Waals surface area (Å²) in [6, 6.07) is 0. The van der Waals surface area contributed by atoms with Gasteiger partial charge in [0.05, 0.1) is 12.3 Å². The Morgan fingerprint density at radius 2 is 1.94 bits per heavy atom. The summed E-state index contributed by atoms with van der Waals surface area (Å²) >= 11 is 3.22. The molecule has 1 rings (SSSR count). The Hall–Kier alpha value is -0.720. The summed E-state index contributed by atoms with van der Waals surface area (Å²) in [5.74, 6) is 0.551. The number of hydrogen-bond acceptors (Lipinski definition) is 4. The first-order chi connectivity index (χ1) is 8.54. The molecule has 0 radical (unpaired) electrons. The highest BCUT2D eigenvalue weighted by molar-refractivity contribution is 9.10. The fourth-order valence-corrected chi connectivity index (χ4v) is 2.23. The van der Waals surface area contributed by atoms with E-state index in [0.29, 0.717) is 16.0 Å². The molecule has 0 aliphatic heterocycles. The van der Waals surface area contributed by atoms with E-state index in [1.807, 2.05) is 13.8 Å². The average Bonchev–Trinajstić information content (AvgIpc) is 2.38. The Bertz CT molecular complexity index is 447. The van der Waals surface area contributed by atoms with Gasteiger partial charge in [-0.3, -0.25) is 4.79 Å². The van der Waals surface area contributed by atoms with Crippen LogP contribution in [-0.2, 0) is 21.7 Å². The molecule has 0 atom stereocenters. The quantitative estimate of drug-likeness (QED) is 0.874. The second-order valence-corrected chi connectivity index (χ2v) is 4.81. The molecule has 1 aromatic rings. The van der Waals surface area contributed by atoms with Crippen molar-refractivity contribution in [2.24, 2.45) is 0 Å². The number of ether oxygens (including phenoxy) is 2. The predicted octanol–water partition coefficient (Wildman–Crippen LogP) is 2.34. The minimum atomic E-state index is -0.553. The molecule has 5 nitrogen and oxygen atoms in total. The topological polar surface area (TPSA) is 64.2 Å². The monoisotopic (exact) mass is 318 g/mol. The Labute approximate surface area is 115 Å². The number of halogens is 1. The van der Waals surface area contributed by atoms with Crippen LogP contribution in [0.15, 0.2) is 9.27 Å². The van der Waals surface area contributed by atoms with E-state index in [0.717, 1.165) is 12.8 Å². The zero-order chi connectivity index (χ0) is 13.8. The fourth-order valence-electron chi connectivity index (χ4n) is 1.92. The molecule has 102 valence electrons. The van der Waals surface area contributed by atoms with Gasteiger partial charge < -0.3 is 14.5 Å². The van der Waals surface area contributed by atoms with Crippen molar-refractivity contribution in [2.45, 2.75) is 38.9 Å². The van der Waals surface area contributed by atoms with E-state index in [-0.39, 0.29) is 12.2 Å². The minimum Gasteiger partial charge on any atom is -0.378 e. The molecule has 1 heterocycles. The number of rotatable bonds is 6. The summed E-state index contributed by atoms with van der Waals surface area (Å²) in [7, 11) is 3.20. The van der Waals surface area contributed by atoms with Crippen LogP contribution in [0.1, 0.15) is 38.2 Å². The van der Waals surface area contributed by atoms with Crippen molar-refractivity contribution in [2.75, 3.05) is 14.2 Å². The first-order valence-electron chi connectivity index (χ1n) is 5.87. The molecular formula is C12H19BrN2O3. The number of nitrogens with zero attached hydrogens (tertiary/aromatic N) is 1. The molecule has 0 amide bonds. The van der Waals surface area contributed by atoms with Crippen LogP contribution in [0.2, 0.25) is 0 Å². The maximum absolute atomic E-state index is 11.9. The Morgan fingerprint density at radius 1 is 1.33 bits per heavy atom. The number of hydrogen-bond donors (Lipinski definition) is 1. The van der Waals surface area contributed by atoms with Gasteiger partial charge in [-0.25, -0.2) is 4.98 Å². The zero-order valence-electron chi connectivity index (χ0n) is 11.2. The van der Waals surface area contributed by atoms with Crippen molar-refractivity contribution >= 4 is 15.9 Å². The van der Waals surface area contributed by atoms with Gasteiger partial charge in [0, 0.05) is 14.2 Å². The van der Waals surface area contributed by atoms with Gasteiger partial charge in [-0.2, -0.15) is 0 Å². The molecule has 0 saturated carbocycles. The summed E-state index contributed by atoms with van der Waals surface area (Å²) in [6.45, 7) is 4.29. The molecule has 0 saturated heterocycles. The number of nitrogens with one attached hydrogen (secondary N) is 1. The van der Waals surface area contributed by atoms with Crippen molar-refractivity contribution in [3.8, 4) is 0 Å². The highest BCUT2D eigenvalue weighted by atomic mass is 79.9. The molecular weight excluding hydrogens is 300 g/mol. The second kappa shape index (κ2) is 6.45. The van der Waals surface area contributed by atoms with Gasteiger partial charge in [0.2, 0.25) is 0 Å². The van der Waals surface area contributed by atoms with Crippen LogP contribution in [0.5, 0.6) is 0 Å². The molecule has 0 spiro atoms. The minimum absolute atomic E-state index is 0.213. The standard InChI is InChI=1S/C12H19BrN2O3/c1-5-12(6-2,18-4)11-14-8(7-17-3)9(13)10(16)15-11/h5-7H2,1-4H3,(H,14,15,16). The van der Waals surface area contributed by atoms with Crippen LogP contribution in [-0.4, -0.2) is 24.2 Å². The Morgan fingerprint density at radius 3 is 2.39 bits per heavy atom. The van der Waals surface area contributed by atoms with E-state index in [9.17, 15) is 4.79 Å². The lowest BCUT2D eigenvalue weighted by Crippen LogP contribution is -2.33. The maximum Gasteiger partial charge on any atom is 0.265 e. The molecule has 0 aromatic carbocycles. The molecule has 0 fully saturated rings. The molecule has 1 N–H and O–H groups in total. The molecule has 6 heteroatoms. The Balaban J connectivity index is 3.37. The van der Waals surface area contributed by atoms with Crippen molar-refractivity contribution in [1.82, 2.24) is 9.97 Å². The first-order valence-corrected chi connectivity index (χ1v) is 6.67. The van der Waals surface area contributed by atoms with E-state index < -0.39 is 5.60 Å². The second-order valence-electron chi connectivity index (χ2n) is 4.01. The van der Waals surface area contributed by atoms with E-state index in [1.165, 1.54) is 0 Å². The number of aromatic nitrogens is 2. The van der Waals surface area contributed by atoms with E-state index >= 15 is 0 Å². The summed E-state index contributed by atoms with van der Waals surface area (Å²) in [5.41, 5.74) is -0.183. The summed E-state index contributed by atoms with van der Waals surface area (Å²) in [5, 5.41) is 0. The fraction of sp³-hybridized carbons (Fsp3) is 0.667. The summed E-state index contributed by atoms with van der Waals surface area (Å²) in [4.78, 5) is 19.1. The van der Waals surface area contributed by atoms with Crippen molar-refractivity contribution < 1.29 is 9.47 Å². The van der Waals surface area contributed by atoms with Gasteiger partial charge in [0.15, 0.2) is 0 Å². The third-order valence-electron chi connectivity index (χ3n) is 3.18. The van der Waals surface area contributed by atoms with E-state index in [4.69, 9.17) is 9.47 Å². The largest absolute Gasteiger partial charge is 0.378 e. The van der Waals surface area contributed by atoms with E-state index in [1.54, 1.807) is 14.2 Å². The van der Waals surface area contributed by atoms with Gasteiger partial charge in [-0.15, -0.1) is 0 Å². The number of methoxy groups -OCH3 is 2. The SMILES string of the molecule is CCC(CC)(OC)c1nc(COC)c(Br)c(=O)[nH]1. The zero-order valence-corrected chi connectivity index (χ0v) is 12.8. The lowest BCUT2D eigenvalue weighted by molar-refractivity contribution is -0.0297. The molecule has 0 bridgehead atoms. The summed E-state index contributed by atoms with van der Waals surface area (Å²) < 4.78 is 11.0. The van der Waals surface area contributed by atoms with E-state index in [2.05, 4.69) is 25.9 Å². The van der Waals surface area contributed by atoms with Gasteiger partial charge in [0.25, 0.3) is 5.56 Å². The summed E-state index contributed by atoms with van der Waals surface area (Å²) in [6.07, 6.45) is 1.47. The third-order valence-corrected chi connectivity index (χ3v) is 3.99. The maximum atomic E-state index is 11.9. The van der Waals surface area contributed by atoms with Crippen LogP contribution in [0.4, 0.5) is 0 Å². The van der Waals surface area contributed by atoms with Crippen LogP contribution in [0.25, 0.3) is 0 Å². The lowest BCUT2D eigenvalue weighted by atomic mass is 9.96. The van der Waals surface area contributed by atoms with Crippen LogP contribution < -0.4 is 5.56 Å². The van der Waals surface area contributed by atoms with Crippen molar-refractivity contribution in [3.63, 3.8) is 0 Å². The highest BCUT2D eigenvalue weighted by Gasteiger charge is 2.31. The van der Waals surface area contributed by atoms with Gasteiger partial charge in [-0.05, 0) is 28.8 Å². The molecule has 0 aliphatic carbocycles. The van der Waals surface area contributed by atoms with Gasteiger partial charge in [0.1, 0.15) is 15.9 Å². The van der Waals surface area contributed by atoms with Crippen LogP contribution >= 0.6 is 15.9 Å². The van der Waals surface area contributed by atoms with Crippen LogP contribution in [0, 0.1) is 0 Å². The number of aromatic amines is 1. The smallest absolute Gasteiger partial charge is 0.265 e. The number of H-pyrrole nitrogens is 1. The molecule has 18 heavy (non-hydrogen) atoms. The lowest BCUT2D eigenvalue weighted by Gasteiger charge is -2.29. The third kappa shape index (κ3) is 2.81. The van der Waals surface area contributed by atoms with Crippen LogP contribution in [0.3, 0.4) is 0 Å². The predicted molar refractivity (Wildman–Crippen MR) is 72.5 cm³/mol. The van der Waals surface area contributed by atoms with Crippen molar-refractivity contribution in [3.05, 3.63) is 26.3 Å². The average molecular weight is 319 g/mol. The van der Waals surface area contributed by atoms with Gasteiger partial charge >= 0.3 is 0 Å². The molecule has 0 unspecified atom stereocenters. The molecule has 0 aliphatic rings. The van der Waals surface area contributed by atoms with Gasteiger partial charge in [-0.1, -0.05) is 13.8 Å². The normalized spacial score (nSPS) is 11.8. The first kappa shape index (κ1) is 15.3. The van der Waals surface area contributed by atoms with Crippen molar-refractivity contribution in [1.29, 1.82) is 0 Å². The highest BCUT2D eigenvalue weighted by Crippen LogP contribution is 2.29. The molecule has 1 aromatic heterocycles. The Kier molecular flexibility index (Phi) is 5.49.